The van der Waals surface area contributed by atoms with Crippen LogP contribution in [0.15, 0.2) is 18.2 Å². The third kappa shape index (κ3) is 2.83. The van der Waals surface area contributed by atoms with Crippen molar-refractivity contribution in [3.05, 3.63) is 18.2 Å². The second kappa shape index (κ2) is 5.89. The van der Waals surface area contributed by atoms with E-state index in [2.05, 4.69) is 11.0 Å². The minimum absolute atomic E-state index is 0.161. The third-order valence-corrected chi connectivity index (χ3v) is 4.00. The highest BCUT2D eigenvalue weighted by Gasteiger charge is 2.25. The van der Waals surface area contributed by atoms with Crippen molar-refractivity contribution in [3.8, 4) is 11.5 Å². The van der Waals surface area contributed by atoms with E-state index >= 15 is 0 Å². The number of anilines is 1. The van der Waals surface area contributed by atoms with Gasteiger partial charge in [0, 0.05) is 37.5 Å². The van der Waals surface area contributed by atoms with Crippen molar-refractivity contribution in [1.29, 1.82) is 0 Å². The molecule has 2 aliphatic rings. The van der Waals surface area contributed by atoms with E-state index in [4.69, 9.17) is 20.3 Å². The van der Waals surface area contributed by atoms with Gasteiger partial charge in [-0.2, -0.15) is 0 Å². The van der Waals surface area contributed by atoms with E-state index in [9.17, 15) is 0 Å². The van der Waals surface area contributed by atoms with E-state index in [0.717, 1.165) is 43.1 Å². The Balaban J connectivity index is 1.77. The molecule has 20 heavy (non-hydrogen) atoms. The van der Waals surface area contributed by atoms with Crippen LogP contribution in [0.3, 0.4) is 0 Å². The van der Waals surface area contributed by atoms with E-state index in [1.165, 1.54) is 0 Å². The summed E-state index contributed by atoms with van der Waals surface area (Å²) in [4.78, 5) is 2.28. The van der Waals surface area contributed by atoms with Crippen molar-refractivity contribution in [2.75, 3.05) is 37.8 Å². The maximum absolute atomic E-state index is 9.12. The van der Waals surface area contributed by atoms with Gasteiger partial charge in [0.1, 0.15) is 13.2 Å². The average Bonchev–Trinajstić information content (AvgIpc) is 2.46. The molecule has 3 rings (SSSR count). The van der Waals surface area contributed by atoms with Gasteiger partial charge in [0.2, 0.25) is 0 Å². The van der Waals surface area contributed by atoms with Crippen molar-refractivity contribution in [1.82, 2.24) is 0 Å². The summed E-state index contributed by atoms with van der Waals surface area (Å²) in [6, 6.07) is 6.21. The van der Waals surface area contributed by atoms with Crippen molar-refractivity contribution >= 4 is 5.69 Å². The van der Waals surface area contributed by atoms with Gasteiger partial charge in [-0.1, -0.05) is 0 Å². The minimum atomic E-state index is 0.161. The highest BCUT2D eigenvalue weighted by molar-refractivity contribution is 5.57. The molecule has 1 aromatic rings. The fourth-order valence-corrected chi connectivity index (χ4v) is 3.08. The second-order valence-corrected chi connectivity index (χ2v) is 5.61. The van der Waals surface area contributed by atoms with Crippen LogP contribution in [0.2, 0.25) is 0 Å². The van der Waals surface area contributed by atoms with Gasteiger partial charge in [0.25, 0.3) is 0 Å². The van der Waals surface area contributed by atoms with Crippen LogP contribution in [0.5, 0.6) is 11.5 Å². The Morgan fingerprint density at radius 3 is 2.80 bits per heavy atom. The first-order valence-corrected chi connectivity index (χ1v) is 7.27. The molecule has 1 aromatic carbocycles. The van der Waals surface area contributed by atoms with Crippen molar-refractivity contribution < 1.29 is 14.6 Å². The van der Waals surface area contributed by atoms with E-state index in [-0.39, 0.29) is 12.6 Å². The molecule has 2 atom stereocenters. The van der Waals surface area contributed by atoms with E-state index < -0.39 is 0 Å². The standard InChI is InChI=1S/C15H22N2O3/c16-12-7-11(3-4-18)9-17(10-12)13-1-2-14-15(8-13)20-6-5-19-14/h1-2,8,11-12,18H,3-7,9-10,16H2. The minimum Gasteiger partial charge on any atom is -0.486 e. The van der Waals surface area contributed by atoms with Crippen LogP contribution in [0, 0.1) is 5.92 Å². The Hall–Kier alpha value is -1.46. The van der Waals surface area contributed by atoms with Gasteiger partial charge in [0.15, 0.2) is 11.5 Å². The summed E-state index contributed by atoms with van der Waals surface area (Å²) in [6.07, 6.45) is 1.80. The van der Waals surface area contributed by atoms with E-state index in [1.54, 1.807) is 0 Å². The largest absolute Gasteiger partial charge is 0.486 e. The zero-order valence-corrected chi connectivity index (χ0v) is 11.6. The molecule has 0 amide bonds. The van der Waals surface area contributed by atoms with Crippen LogP contribution in [0.4, 0.5) is 5.69 Å². The lowest BCUT2D eigenvalue weighted by atomic mass is 9.92. The highest BCUT2D eigenvalue weighted by Crippen LogP contribution is 2.35. The molecule has 2 aliphatic heterocycles. The summed E-state index contributed by atoms with van der Waals surface area (Å²) < 4.78 is 11.2. The first-order chi connectivity index (χ1) is 9.76. The fraction of sp³-hybridized carbons (Fsp3) is 0.600. The predicted octanol–water partition coefficient (Wildman–Crippen LogP) is 0.994. The Kier molecular flexibility index (Phi) is 3.98. The van der Waals surface area contributed by atoms with Crippen LogP contribution >= 0.6 is 0 Å². The normalized spacial score (nSPS) is 25.6. The molecule has 0 saturated carbocycles. The molecule has 0 bridgehead atoms. The summed E-state index contributed by atoms with van der Waals surface area (Å²) in [6.45, 7) is 3.23. The van der Waals surface area contributed by atoms with Crippen LogP contribution in [-0.2, 0) is 0 Å². The molecule has 0 aliphatic carbocycles. The monoisotopic (exact) mass is 278 g/mol. The third-order valence-electron chi connectivity index (χ3n) is 4.00. The maximum atomic E-state index is 9.12. The summed E-state index contributed by atoms with van der Waals surface area (Å²) in [5.74, 6) is 2.08. The van der Waals surface area contributed by atoms with Gasteiger partial charge < -0.3 is 25.2 Å². The lowest BCUT2D eigenvalue weighted by Gasteiger charge is -2.38. The predicted molar refractivity (Wildman–Crippen MR) is 77.4 cm³/mol. The number of aliphatic hydroxyl groups excluding tert-OH is 1. The molecule has 1 fully saturated rings. The van der Waals surface area contributed by atoms with Gasteiger partial charge in [-0.05, 0) is 30.9 Å². The Morgan fingerprint density at radius 2 is 2.00 bits per heavy atom. The molecule has 5 heteroatoms. The summed E-state index contributed by atoms with van der Waals surface area (Å²) in [5, 5.41) is 9.12. The number of hydrogen-bond donors (Lipinski definition) is 2. The number of nitrogens with two attached hydrogens (primary N) is 1. The molecule has 110 valence electrons. The van der Waals surface area contributed by atoms with Gasteiger partial charge >= 0.3 is 0 Å². The number of rotatable bonds is 3. The topological polar surface area (TPSA) is 68.0 Å². The molecular formula is C15H22N2O3. The van der Waals surface area contributed by atoms with Crippen LogP contribution in [0.25, 0.3) is 0 Å². The van der Waals surface area contributed by atoms with Crippen molar-refractivity contribution in [2.24, 2.45) is 11.7 Å². The quantitative estimate of drug-likeness (QED) is 0.863. The average molecular weight is 278 g/mol. The lowest BCUT2D eigenvalue weighted by molar-refractivity contribution is 0.171. The van der Waals surface area contributed by atoms with Crippen molar-refractivity contribution in [2.45, 2.75) is 18.9 Å². The molecule has 2 heterocycles. The lowest BCUT2D eigenvalue weighted by Crippen LogP contribution is -2.47. The zero-order valence-electron chi connectivity index (χ0n) is 11.6. The van der Waals surface area contributed by atoms with Crippen LogP contribution < -0.4 is 20.1 Å². The van der Waals surface area contributed by atoms with Crippen LogP contribution in [-0.4, -0.2) is 44.1 Å². The number of fused-ring (bicyclic) bond motifs is 1. The molecule has 1 saturated heterocycles. The van der Waals surface area contributed by atoms with Gasteiger partial charge in [0.05, 0.1) is 0 Å². The summed E-state index contributed by atoms with van der Waals surface area (Å²) >= 11 is 0. The molecule has 2 unspecified atom stereocenters. The summed E-state index contributed by atoms with van der Waals surface area (Å²) in [5.41, 5.74) is 7.26. The zero-order chi connectivity index (χ0) is 13.9. The van der Waals surface area contributed by atoms with Crippen molar-refractivity contribution in [3.63, 3.8) is 0 Å². The molecule has 3 N–H and O–H groups in total. The van der Waals surface area contributed by atoms with Crippen LogP contribution in [0.1, 0.15) is 12.8 Å². The Bertz CT molecular complexity index is 466. The van der Waals surface area contributed by atoms with E-state index in [1.807, 2.05) is 12.1 Å². The second-order valence-electron chi connectivity index (χ2n) is 5.61. The molecule has 5 nitrogen and oxygen atoms in total. The number of nitrogens with zero attached hydrogens (tertiary/aromatic N) is 1. The van der Waals surface area contributed by atoms with E-state index in [0.29, 0.717) is 19.1 Å². The first-order valence-electron chi connectivity index (χ1n) is 7.27. The van der Waals surface area contributed by atoms with Gasteiger partial charge in [-0.25, -0.2) is 0 Å². The van der Waals surface area contributed by atoms with Gasteiger partial charge in [-0.3, -0.25) is 0 Å². The fourth-order valence-electron chi connectivity index (χ4n) is 3.08. The maximum Gasteiger partial charge on any atom is 0.163 e. The molecule has 0 spiro atoms. The Labute approximate surface area is 119 Å². The molecule has 0 radical (unpaired) electrons. The molecular weight excluding hydrogens is 256 g/mol. The Morgan fingerprint density at radius 1 is 1.20 bits per heavy atom. The highest BCUT2D eigenvalue weighted by atomic mass is 16.6. The van der Waals surface area contributed by atoms with Gasteiger partial charge in [-0.15, -0.1) is 0 Å². The number of aliphatic hydroxyl groups is 1. The number of hydrogen-bond acceptors (Lipinski definition) is 5. The number of benzene rings is 1. The summed E-state index contributed by atoms with van der Waals surface area (Å²) in [7, 11) is 0. The first kappa shape index (κ1) is 13.5. The number of ether oxygens (including phenoxy) is 2. The number of piperidine rings is 1. The smallest absolute Gasteiger partial charge is 0.163 e. The molecule has 0 aromatic heterocycles. The SMILES string of the molecule is NC1CC(CCO)CN(c2ccc3c(c2)OCCO3)C1.